The Bertz CT molecular complexity index is 733. The molecule has 6 heteroatoms. The number of hydrogen-bond donors (Lipinski definition) is 2. The zero-order valence-corrected chi connectivity index (χ0v) is 13.8. The molecule has 0 saturated heterocycles. The van der Waals surface area contributed by atoms with E-state index in [0.29, 0.717) is 23.6 Å². The van der Waals surface area contributed by atoms with Crippen molar-refractivity contribution >= 4 is 23.5 Å². The molecule has 0 radical (unpaired) electrons. The number of ether oxygens (including phenoxy) is 1. The summed E-state index contributed by atoms with van der Waals surface area (Å²) in [6.07, 6.45) is 7.95. The first-order valence-corrected chi connectivity index (χ1v) is 8.38. The fraction of sp³-hybridized carbons (Fsp3) is 0.421. The van der Waals surface area contributed by atoms with Crippen LogP contribution >= 0.6 is 0 Å². The molecule has 3 rings (SSSR count). The lowest BCUT2D eigenvalue weighted by Gasteiger charge is -2.16. The van der Waals surface area contributed by atoms with E-state index in [1.54, 1.807) is 24.3 Å². The lowest BCUT2D eigenvalue weighted by atomic mass is 10.0. The van der Waals surface area contributed by atoms with Gasteiger partial charge in [-0.25, -0.2) is 0 Å². The van der Waals surface area contributed by atoms with Gasteiger partial charge in [0.1, 0.15) is 6.04 Å². The Kier molecular flexibility index (Phi) is 5.03. The summed E-state index contributed by atoms with van der Waals surface area (Å²) in [6, 6.07) is 5.74. The molecular formula is C19H20N2O4. The first-order valence-electron chi connectivity index (χ1n) is 8.38. The fourth-order valence-corrected chi connectivity index (χ4v) is 2.96. The van der Waals surface area contributed by atoms with E-state index in [9.17, 15) is 14.4 Å². The molecule has 1 aromatic rings. The van der Waals surface area contributed by atoms with Crippen LogP contribution in [0.4, 0.5) is 5.69 Å². The summed E-state index contributed by atoms with van der Waals surface area (Å²) in [6.45, 7) is 0.260. The van der Waals surface area contributed by atoms with Crippen molar-refractivity contribution in [2.75, 3.05) is 11.9 Å². The molecule has 1 unspecified atom stereocenters. The molecule has 25 heavy (non-hydrogen) atoms. The SMILES string of the molecule is C#CCC(COC(=O)C[C@@H]1NC(=O)c2ccccc2NC1=O)C1CC1. The van der Waals surface area contributed by atoms with E-state index >= 15 is 0 Å². The number of para-hydroxylation sites is 1. The van der Waals surface area contributed by atoms with Gasteiger partial charge in [0.05, 0.1) is 24.3 Å². The van der Waals surface area contributed by atoms with Gasteiger partial charge in [-0.05, 0) is 30.9 Å². The normalized spacial score (nSPS) is 20.4. The lowest BCUT2D eigenvalue weighted by molar-refractivity contribution is -0.146. The van der Waals surface area contributed by atoms with Crippen molar-refractivity contribution in [2.45, 2.75) is 31.7 Å². The van der Waals surface area contributed by atoms with Crippen LogP contribution < -0.4 is 10.6 Å². The number of carbonyl (C=O) groups excluding carboxylic acids is 3. The summed E-state index contributed by atoms with van der Waals surface area (Å²) in [4.78, 5) is 36.6. The second kappa shape index (κ2) is 7.39. The average molecular weight is 340 g/mol. The number of amides is 2. The zero-order chi connectivity index (χ0) is 17.8. The number of esters is 1. The number of fused-ring (bicyclic) bond motifs is 1. The largest absolute Gasteiger partial charge is 0.465 e. The van der Waals surface area contributed by atoms with Gasteiger partial charge < -0.3 is 15.4 Å². The molecule has 1 saturated carbocycles. The Morgan fingerprint density at radius 1 is 1.32 bits per heavy atom. The van der Waals surface area contributed by atoms with Crippen LogP contribution in [-0.2, 0) is 14.3 Å². The number of benzene rings is 1. The Morgan fingerprint density at radius 2 is 2.08 bits per heavy atom. The standard InChI is InChI=1S/C19H20N2O4/c1-2-5-13(12-8-9-12)11-25-17(22)10-16-19(24)20-15-7-4-3-6-14(15)18(23)21-16/h1,3-4,6-7,12-13,16H,5,8-11H2,(H,20,24)(H,21,23)/t13?,16-/m0/s1. The van der Waals surface area contributed by atoms with Crippen LogP contribution in [0.3, 0.4) is 0 Å². The van der Waals surface area contributed by atoms with Crippen molar-refractivity contribution in [3.8, 4) is 12.3 Å². The number of anilines is 1. The number of terminal acetylenes is 1. The molecule has 1 fully saturated rings. The topological polar surface area (TPSA) is 84.5 Å². The van der Waals surface area contributed by atoms with Gasteiger partial charge in [-0.3, -0.25) is 14.4 Å². The zero-order valence-electron chi connectivity index (χ0n) is 13.8. The van der Waals surface area contributed by atoms with E-state index < -0.39 is 23.8 Å². The summed E-state index contributed by atoms with van der Waals surface area (Å²) in [5.41, 5.74) is 0.804. The van der Waals surface area contributed by atoms with Gasteiger partial charge in [0.15, 0.2) is 0 Å². The third-order valence-electron chi connectivity index (χ3n) is 4.55. The smallest absolute Gasteiger partial charge is 0.308 e. The van der Waals surface area contributed by atoms with Crippen molar-refractivity contribution in [2.24, 2.45) is 11.8 Å². The lowest BCUT2D eigenvalue weighted by Crippen LogP contribution is -2.43. The maximum atomic E-state index is 12.3. The third-order valence-corrected chi connectivity index (χ3v) is 4.55. The van der Waals surface area contributed by atoms with Gasteiger partial charge in [0.2, 0.25) is 5.91 Å². The van der Waals surface area contributed by atoms with E-state index in [4.69, 9.17) is 11.2 Å². The molecule has 0 bridgehead atoms. The number of nitrogens with one attached hydrogen (secondary N) is 2. The van der Waals surface area contributed by atoms with Crippen molar-refractivity contribution in [1.29, 1.82) is 0 Å². The second-order valence-corrected chi connectivity index (χ2v) is 6.45. The molecule has 0 spiro atoms. The van der Waals surface area contributed by atoms with Crippen molar-refractivity contribution in [1.82, 2.24) is 5.32 Å². The quantitative estimate of drug-likeness (QED) is 0.610. The molecular weight excluding hydrogens is 320 g/mol. The summed E-state index contributed by atoms with van der Waals surface area (Å²) in [5, 5.41) is 5.24. The molecule has 1 aliphatic heterocycles. The average Bonchev–Trinajstić information content (AvgIpc) is 3.43. The van der Waals surface area contributed by atoms with Crippen molar-refractivity contribution in [3.05, 3.63) is 29.8 Å². The van der Waals surface area contributed by atoms with Gasteiger partial charge in [-0.2, -0.15) is 0 Å². The van der Waals surface area contributed by atoms with E-state index in [0.717, 1.165) is 12.8 Å². The number of rotatable bonds is 6. The first kappa shape index (κ1) is 17.0. The Labute approximate surface area is 146 Å². The van der Waals surface area contributed by atoms with Crippen LogP contribution in [0.2, 0.25) is 0 Å². The van der Waals surface area contributed by atoms with Gasteiger partial charge in [-0.1, -0.05) is 12.1 Å². The molecule has 2 N–H and O–H groups in total. The molecule has 2 aliphatic rings. The minimum Gasteiger partial charge on any atom is -0.465 e. The van der Waals surface area contributed by atoms with E-state index in [2.05, 4.69) is 16.6 Å². The fourth-order valence-electron chi connectivity index (χ4n) is 2.96. The predicted molar refractivity (Wildman–Crippen MR) is 91.6 cm³/mol. The highest BCUT2D eigenvalue weighted by molar-refractivity contribution is 6.10. The van der Waals surface area contributed by atoms with Crippen LogP contribution in [0, 0.1) is 24.2 Å². The predicted octanol–water partition coefficient (Wildman–Crippen LogP) is 1.72. The molecule has 2 amide bonds. The maximum absolute atomic E-state index is 12.3. The van der Waals surface area contributed by atoms with Gasteiger partial charge in [0.25, 0.3) is 5.91 Å². The summed E-state index contributed by atoms with van der Waals surface area (Å²) >= 11 is 0. The van der Waals surface area contributed by atoms with Crippen molar-refractivity contribution < 1.29 is 19.1 Å². The maximum Gasteiger partial charge on any atom is 0.308 e. The summed E-state index contributed by atoms with van der Waals surface area (Å²) in [7, 11) is 0. The van der Waals surface area contributed by atoms with Crippen LogP contribution in [0.25, 0.3) is 0 Å². The highest BCUT2D eigenvalue weighted by Crippen LogP contribution is 2.38. The Morgan fingerprint density at radius 3 is 2.80 bits per heavy atom. The van der Waals surface area contributed by atoms with E-state index in [-0.39, 0.29) is 18.9 Å². The number of hydrogen-bond acceptors (Lipinski definition) is 4. The Hall–Kier alpha value is -2.81. The minimum absolute atomic E-state index is 0.177. The van der Waals surface area contributed by atoms with E-state index in [1.807, 2.05) is 0 Å². The van der Waals surface area contributed by atoms with Crippen LogP contribution in [0.15, 0.2) is 24.3 Å². The molecule has 1 aliphatic carbocycles. The molecule has 130 valence electrons. The van der Waals surface area contributed by atoms with Gasteiger partial charge >= 0.3 is 5.97 Å². The number of carbonyl (C=O) groups is 3. The molecule has 2 atom stereocenters. The third kappa shape index (κ3) is 4.18. The Balaban J connectivity index is 1.57. The van der Waals surface area contributed by atoms with Gasteiger partial charge in [-0.15, -0.1) is 12.3 Å². The van der Waals surface area contributed by atoms with Crippen LogP contribution in [0.5, 0.6) is 0 Å². The summed E-state index contributed by atoms with van der Waals surface area (Å²) < 4.78 is 5.30. The van der Waals surface area contributed by atoms with Gasteiger partial charge in [0, 0.05) is 12.3 Å². The highest BCUT2D eigenvalue weighted by Gasteiger charge is 2.33. The molecule has 1 heterocycles. The molecule has 6 nitrogen and oxygen atoms in total. The highest BCUT2D eigenvalue weighted by atomic mass is 16.5. The monoisotopic (exact) mass is 340 g/mol. The van der Waals surface area contributed by atoms with E-state index in [1.165, 1.54) is 0 Å². The molecule has 1 aromatic carbocycles. The van der Waals surface area contributed by atoms with Crippen molar-refractivity contribution in [3.63, 3.8) is 0 Å². The van der Waals surface area contributed by atoms with Crippen LogP contribution in [0.1, 0.15) is 36.0 Å². The second-order valence-electron chi connectivity index (χ2n) is 6.45. The minimum atomic E-state index is -0.959. The van der Waals surface area contributed by atoms with Crippen LogP contribution in [-0.4, -0.2) is 30.4 Å². The summed E-state index contributed by atoms with van der Waals surface area (Å²) in [5.74, 6) is 1.97. The first-order chi connectivity index (χ1) is 12.1. The molecule has 0 aromatic heterocycles.